The second-order valence-corrected chi connectivity index (χ2v) is 8.06. The Bertz CT molecular complexity index is 697. The number of hydrogen-bond donors (Lipinski definition) is 2. The van der Waals surface area contributed by atoms with Gasteiger partial charge in [-0.2, -0.15) is 0 Å². The molecule has 0 saturated heterocycles. The summed E-state index contributed by atoms with van der Waals surface area (Å²) in [6.07, 6.45) is 0.383. The summed E-state index contributed by atoms with van der Waals surface area (Å²) < 4.78 is 10.6. The third kappa shape index (κ3) is 9.38. The van der Waals surface area contributed by atoms with Crippen molar-refractivity contribution in [2.24, 2.45) is 11.8 Å². The van der Waals surface area contributed by atoms with E-state index in [1.807, 2.05) is 51.1 Å². The molecular weight excluding hydrogens is 400 g/mol. The summed E-state index contributed by atoms with van der Waals surface area (Å²) in [6.45, 7) is 6.27. The zero-order valence-corrected chi connectivity index (χ0v) is 19.2. The van der Waals surface area contributed by atoms with Crippen LogP contribution in [-0.4, -0.2) is 60.8 Å². The number of methoxy groups -OCH3 is 1. The van der Waals surface area contributed by atoms with E-state index in [1.165, 1.54) is 19.1 Å². The van der Waals surface area contributed by atoms with E-state index in [0.29, 0.717) is 6.42 Å². The van der Waals surface area contributed by atoms with E-state index >= 15 is 0 Å². The Morgan fingerprint density at radius 1 is 1.13 bits per heavy atom. The van der Waals surface area contributed by atoms with Gasteiger partial charge in [-0.1, -0.05) is 57.5 Å². The Morgan fingerprint density at radius 2 is 1.77 bits per heavy atom. The van der Waals surface area contributed by atoms with Crippen molar-refractivity contribution < 1.29 is 29.0 Å². The van der Waals surface area contributed by atoms with E-state index in [-0.39, 0.29) is 37.3 Å². The highest BCUT2D eigenvalue weighted by atomic mass is 16.5. The maximum absolute atomic E-state index is 12.7. The second kappa shape index (κ2) is 13.6. The van der Waals surface area contributed by atoms with Gasteiger partial charge in [-0.15, -0.1) is 0 Å². The summed E-state index contributed by atoms with van der Waals surface area (Å²) in [5, 5.41) is 12.3. The molecule has 0 spiro atoms. The molecule has 1 aromatic carbocycles. The zero-order chi connectivity index (χ0) is 23.4. The van der Waals surface area contributed by atoms with Gasteiger partial charge in [0.1, 0.15) is 6.61 Å². The van der Waals surface area contributed by atoms with Crippen molar-refractivity contribution in [2.75, 3.05) is 20.7 Å². The maximum atomic E-state index is 12.7. The molecule has 8 nitrogen and oxygen atoms in total. The van der Waals surface area contributed by atoms with Gasteiger partial charge < -0.3 is 24.8 Å². The Hall–Kier alpha value is -2.61. The molecule has 0 aliphatic carbocycles. The van der Waals surface area contributed by atoms with Crippen molar-refractivity contribution >= 4 is 18.0 Å². The van der Waals surface area contributed by atoms with Crippen molar-refractivity contribution in [3.8, 4) is 0 Å². The van der Waals surface area contributed by atoms with Gasteiger partial charge >= 0.3 is 12.1 Å². The Labute approximate surface area is 184 Å². The molecule has 0 aromatic heterocycles. The van der Waals surface area contributed by atoms with Gasteiger partial charge in [-0.05, 0) is 23.8 Å². The highest BCUT2D eigenvalue weighted by Gasteiger charge is 2.35. The van der Waals surface area contributed by atoms with E-state index in [0.717, 1.165) is 12.0 Å². The first-order valence-electron chi connectivity index (χ1n) is 10.6. The quantitative estimate of drug-likeness (QED) is 0.492. The number of likely N-dealkylation sites (N-methyl/N-ethyl adjacent to an activating group) is 1. The fraction of sp³-hybridized carbons (Fsp3) is 0.609. The minimum Gasteiger partial charge on any atom is -0.480 e. The first-order valence-corrected chi connectivity index (χ1v) is 10.6. The number of carbonyl (C=O) groups is 3. The van der Waals surface area contributed by atoms with Crippen molar-refractivity contribution in [1.29, 1.82) is 0 Å². The van der Waals surface area contributed by atoms with Crippen LogP contribution in [0.1, 0.15) is 45.6 Å². The van der Waals surface area contributed by atoms with Crippen LogP contribution in [0.3, 0.4) is 0 Å². The van der Waals surface area contributed by atoms with Gasteiger partial charge in [0.25, 0.3) is 0 Å². The number of carbonyl (C=O) groups excluding carboxylic acids is 2. The molecule has 1 aromatic rings. The second-order valence-electron chi connectivity index (χ2n) is 8.06. The van der Waals surface area contributed by atoms with Gasteiger partial charge in [0, 0.05) is 27.1 Å². The normalized spacial score (nSPS) is 14.7. The Morgan fingerprint density at radius 3 is 2.32 bits per heavy atom. The van der Waals surface area contributed by atoms with Gasteiger partial charge in [0.05, 0.1) is 6.10 Å². The number of amides is 2. The third-order valence-corrected chi connectivity index (χ3v) is 5.38. The molecule has 8 heteroatoms. The van der Waals surface area contributed by atoms with Gasteiger partial charge in [-0.25, -0.2) is 9.59 Å². The standard InChI is InChI=1S/C23H36N2O6/c1-6-16(2)12-19(30-5)21(22(27)28)25(4)20(26)13-17(3)14-24-23(29)31-15-18-10-8-7-9-11-18/h7-11,16-17,19,21H,6,12-15H2,1-5H3,(H,24,29)(H,27,28). The molecular formula is C23H36N2O6. The minimum atomic E-state index is -1.10. The number of ether oxygens (including phenoxy) is 2. The van der Waals surface area contributed by atoms with Crippen molar-refractivity contribution in [3.63, 3.8) is 0 Å². The van der Waals surface area contributed by atoms with Crippen LogP contribution in [0.5, 0.6) is 0 Å². The van der Waals surface area contributed by atoms with E-state index < -0.39 is 24.2 Å². The first-order chi connectivity index (χ1) is 14.7. The molecule has 0 saturated carbocycles. The number of nitrogens with one attached hydrogen (secondary N) is 1. The topological polar surface area (TPSA) is 105 Å². The van der Waals surface area contributed by atoms with Crippen LogP contribution in [-0.2, 0) is 25.7 Å². The average molecular weight is 437 g/mol. The molecule has 2 amide bonds. The number of benzene rings is 1. The summed E-state index contributed by atoms with van der Waals surface area (Å²) in [5.41, 5.74) is 0.882. The van der Waals surface area contributed by atoms with E-state index in [1.54, 1.807) is 0 Å². The summed E-state index contributed by atoms with van der Waals surface area (Å²) in [6, 6.07) is 8.26. The molecule has 31 heavy (non-hydrogen) atoms. The monoisotopic (exact) mass is 436 g/mol. The van der Waals surface area contributed by atoms with E-state index in [2.05, 4.69) is 5.32 Å². The predicted octanol–water partition coefficient (Wildman–Crippen LogP) is 3.30. The van der Waals surface area contributed by atoms with Crippen LogP contribution in [0.4, 0.5) is 4.79 Å². The molecule has 4 atom stereocenters. The summed E-state index contributed by atoms with van der Waals surface area (Å²) >= 11 is 0. The highest BCUT2D eigenvalue weighted by Crippen LogP contribution is 2.19. The lowest BCUT2D eigenvalue weighted by atomic mass is 9.95. The minimum absolute atomic E-state index is 0.0962. The highest BCUT2D eigenvalue weighted by molar-refractivity contribution is 5.84. The van der Waals surface area contributed by atoms with Crippen LogP contribution >= 0.6 is 0 Å². The average Bonchev–Trinajstić information content (AvgIpc) is 2.75. The van der Waals surface area contributed by atoms with Gasteiger partial charge in [-0.3, -0.25) is 4.79 Å². The fourth-order valence-corrected chi connectivity index (χ4v) is 3.19. The molecule has 0 bridgehead atoms. The molecule has 0 radical (unpaired) electrons. The van der Waals surface area contributed by atoms with E-state index in [4.69, 9.17) is 9.47 Å². The summed E-state index contributed by atoms with van der Waals surface area (Å²) in [7, 11) is 2.95. The largest absolute Gasteiger partial charge is 0.480 e. The lowest BCUT2D eigenvalue weighted by Gasteiger charge is -2.32. The van der Waals surface area contributed by atoms with Crippen molar-refractivity contribution in [2.45, 2.75) is 58.8 Å². The molecule has 4 unspecified atom stereocenters. The van der Waals surface area contributed by atoms with Crippen LogP contribution in [0, 0.1) is 11.8 Å². The number of hydrogen-bond acceptors (Lipinski definition) is 5. The molecule has 1 rings (SSSR count). The molecule has 0 heterocycles. The third-order valence-electron chi connectivity index (χ3n) is 5.38. The zero-order valence-electron chi connectivity index (χ0n) is 19.2. The molecule has 2 N–H and O–H groups in total. The van der Waals surface area contributed by atoms with E-state index in [9.17, 15) is 19.5 Å². The number of nitrogens with zero attached hydrogens (tertiary/aromatic N) is 1. The van der Waals surface area contributed by atoms with Crippen molar-refractivity contribution in [3.05, 3.63) is 35.9 Å². The number of carboxylic acid groups (broad SMARTS) is 1. The molecule has 0 aliphatic heterocycles. The smallest absolute Gasteiger partial charge is 0.407 e. The predicted molar refractivity (Wildman–Crippen MR) is 117 cm³/mol. The van der Waals surface area contributed by atoms with Crippen LogP contribution in [0.15, 0.2) is 30.3 Å². The van der Waals surface area contributed by atoms with Crippen LogP contribution in [0.2, 0.25) is 0 Å². The first kappa shape index (κ1) is 26.4. The van der Waals surface area contributed by atoms with Crippen LogP contribution < -0.4 is 5.32 Å². The Balaban J connectivity index is 2.54. The van der Waals surface area contributed by atoms with Crippen molar-refractivity contribution in [1.82, 2.24) is 10.2 Å². The van der Waals surface area contributed by atoms with Crippen LogP contribution in [0.25, 0.3) is 0 Å². The van der Waals surface area contributed by atoms with Gasteiger partial charge in [0.15, 0.2) is 6.04 Å². The summed E-state index contributed by atoms with van der Waals surface area (Å²) in [5.74, 6) is -1.32. The SMILES string of the molecule is CCC(C)CC(OC)C(C(=O)O)N(C)C(=O)CC(C)CNC(=O)OCc1ccccc1. The molecule has 0 aliphatic rings. The maximum Gasteiger partial charge on any atom is 0.407 e. The molecule has 0 fully saturated rings. The summed E-state index contributed by atoms with van der Waals surface area (Å²) in [4.78, 5) is 37.7. The molecule has 174 valence electrons. The Kier molecular flexibility index (Phi) is 11.6. The number of carboxylic acids is 1. The number of alkyl carbamates (subject to hydrolysis) is 1. The number of aliphatic carboxylic acids is 1. The number of rotatable bonds is 13. The lowest BCUT2D eigenvalue weighted by molar-refractivity contribution is -0.156. The van der Waals surface area contributed by atoms with Gasteiger partial charge in [0.2, 0.25) is 5.91 Å². The fourth-order valence-electron chi connectivity index (χ4n) is 3.19. The lowest BCUT2D eigenvalue weighted by Crippen LogP contribution is -2.51.